The fourth-order valence-electron chi connectivity index (χ4n) is 1.61. The minimum absolute atomic E-state index is 0.0990. The second kappa shape index (κ2) is 3.95. The van der Waals surface area contributed by atoms with E-state index in [0.717, 1.165) is 0 Å². The molecule has 0 spiro atoms. The van der Waals surface area contributed by atoms with Crippen molar-refractivity contribution in [3.8, 4) is 11.6 Å². The first kappa shape index (κ1) is 11.0. The standard InChI is InChI=1S/C11H6BrN3O3/c12-8-4-3-7(18-8)9-13-10-6(11(16)17)2-1-5-15(10)14-9/h1-5H,(H,16,17). The van der Waals surface area contributed by atoms with Gasteiger partial charge in [-0.3, -0.25) is 0 Å². The van der Waals surface area contributed by atoms with Crippen LogP contribution in [0.1, 0.15) is 10.4 Å². The van der Waals surface area contributed by atoms with Crippen molar-refractivity contribution in [3.05, 3.63) is 40.7 Å². The molecule has 0 radical (unpaired) electrons. The van der Waals surface area contributed by atoms with Crippen LogP contribution in [0.4, 0.5) is 0 Å². The molecule has 3 rings (SSSR count). The van der Waals surface area contributed by atoms with Gasteiger partial charge in [-0.15, -0.1) is 5.10 Å². The van der Waals surface area contributed by atoms with Crippen LogP contribution in [0.25, 0.3) is 17.2 Å². The van der Waals surface area contributed by atoms with E-state index in [-0.39, 0.29) is 11.2 Å². The molecule has 3 aromatic rings. The van der Waals surface area contributed by atoms with Gasteiger partial charge in [0.2, 0.25) is 5.82 Å². The van der Waals surface area contributed by atoms with Gasteiger partial charge in [-0.2, -0.15) is 0 Å². The SMILES string of the molecule is O=C(O)c1cccn2nc(-c3ccc(Br)o3)nc12. The summed E-state index contributed by atoms with van der Waals surface area (Å²) in [5, 5.41) is 13.2. The topological polar surface area (TPSA) is 80.6 Å². The van der Waals surface area contributed by atoms with Crippen molar-refractivity contribution in [2.75, 3.05) is 0 Å². The second-order valence-corrected chi connectivity index (χ2v) is 4.32. The molecule has 0 aliphatic carbocycles. The third kappa shape index (κ3) is 1.68. The van der Waals surface area contributed by atoms with Gasteiger partial charge in [0.1, 0.15) is 5.56 Å². The molecule has 0 aromatic carbocycles. The summed E-state index contributed by atoms with van der Waals surface area (Å²) in [6, 6.07) is 6.51. The average molecular weight is 308 g/mol. The third-order valence-electron chi connectivity index (χ3n) is 2.39. The van der Waals surface area contributed by atoms with Crippen LogP contribution in [0.3, 0.4) is 0 Å². The lowest BCUT2D eigenvalue weighted by Gasteiger charge is -1.94. The third-order valence-corrected chi connectivity index (χ3v) is 2.81. The fraction of sp³-hybridized carbons (Fsp3) is 0. The van der Waals surface area contributed by atoms with Crippen LogP contribution in [0.5, 0.6) is 0 Å². The molecule has 0 bridgehead atoms. The normalized spacial score (nSPS) is 10.9. The van der Waals surface area contributed by atoms with Crippen molar-refractivity contribution in [2.24, 2.45) is 0 Å². The second-order valence-electron chi connectivity index (χ2n) is 3.53. The zero-order valence-corrected chi connectivity index (χ0v) is 10.5. The van der Waals surface area contributed by atoms with Crippen LogP contribution in [0, 0.1) is 0 Å². The first-order valence-electron chi connectivity index (χ1n) is 4.99. The maximum atomic E-state index is 11.1. The summed E-state index contributed by atoms with van der Waals surface area (Å²) in [4.78, 5) is 15.2. The van der Waals surface area contributed by atoms with E-state index >= 15 is 0 Å². The molecule has 6 nitrogen and oxygen atoms in total. The highest BCUT2D eigenvalue weighted by molar-refractivity contribution is 9.10. The number of fused-ring (bicyclic) bond motifs is 1. The smallest absolute Gasteiger partial charge is 0.339 e. The van der Waals surface area contributed by atoms with Gasteiger partial charge in [0, 0.05) is 6.20 Å². The van der Waals surface area contributed by atoms with Crippen LogP contribution in [0.15, 0.2) is 39.5 Å². The summed E-state index contributed by atoms with van der Waals surface area (Å²) in [5.41, 5.74) is 0.384. The monoisotopic (exact) mass is 307 g/mol. The molecule has 0 saturated carbocycles. The number of carboxylic acid groups (broad SMARTS) is 1. The van der Waals surface area contributed by atoms with Crippen molar-refractivity contribution < 1.29 is 14.3 Å². The number of furan rings is 1. The van der Waals surface area contributed by atoms with Crippen LogP contribution in [-0.2, 0) is 0 Å². The van der Waals surface area contributed by atoms with E-state index in [4.69, 9.17) is 9.52 Å². The number of hydrogen-bond acceptors (Lipinski definition) is 4. The maximum absolute atomic E-state index is 11.1. The van der Waals surface area contributed by atoms with Crippen molar-refractivity contribution in [1.29, 1.82) is 0 Å². The van der Waals surface area contributed by atoms with E-state index in [1.165, 1.54) is 10.6 Å². The highest BCUT2D eigenvalue weighted by atomic mass is 79.9. The average Bonchev–Trinajstić information content (AvgIpc) is 2.93. The van der Waals surface area contributed by atoms with Crippen molar-refractivity contribution in [2.45, 2.75) is 0 Å². The Morgan fingerprint density at radius 3 is 2.89 bits per heavy atom. The van der Waals surface area contributed by atoms with Crippen molar-refractivity contribution in [1.82, 2.24) is 14.6 Å². The van der Waals surface area contributed by atoms with Crippen LogP contribution in [-0.4, -0.2) is 25.7 Å². The molecule has 0 aliphatic heterocycles. The summed E-state index contributed by atoms with van der Waals surface area (Å²) >= 11 is 3.19. The minimum atomic E-state index is -1.04. The Labute approximate surface area is 109 Å². The van der Waals surface area contributed by atoms with Crippen LogP contribution >= 0.6 is 15.9 Å². The molecule has 0 saturated heterocycles. The molecule has 0 unspecified atom stereocenters. The van der Waals surface area contributed by atoms with Crippen molar-refractivity contribution >= 4 is 27.5 Å². The number of carboxylic acids is 1. The predicted octanol–water partition coefficient (Wildman–Crippen LogP) is 2.45. The van der Waals surface area contributed by atoms with Gasteiger partial charge in [-0.05, 0) is 40.2 Å². The van der Waals surface area contributed by atoms with Crippen molar-refractivity contribution in [3.63, 3.8) is 0 Å². The van der Waals surface area contributed by atoms with Gasteiger partial charge in [0.05, 0.1) is 0 Å². The Hall–Kier alpha value is -2.15. The molecule has 3 aromatic heterocycles. The molecule has 0 fully saturated rings. The van der Waals surface area contributed by atoms with Gasteiger partial charge in [0.25, 0.3) is 0 Å². The Morgan fingerprint density at radius 1 is 1.39 bits per heavy atom. The van der Waals surface area contributed by atoms with Gasteiger partial charge >= 0.3 is 5.97 Å². The van der Waals surface area contributed by atoms with Gasteiger partial charge in [-0.25, -0.2) is 14.3 Å². The van der Waals surface area contributed by atoms with E-state index in [9.17, 15) is 4.79 Å². The molecule has 3 heterocycles. The number of carbonyl (C=O) groups is 1. The number of aromatic carboxylic acids is 1. The predicted molar refractivity (Wildman–Crippen MR) is 65.3 cm³/mol. The lowest BCUT2D eigenvalue weighted by molar-refractivity contribution is 0.0698. The summed E-state index contributed by atoms with van der Waals surface area (Å²) < 4.78 is 7.31. The van der Waals surface area contributed by atoms with E-state index in [0.29, 0.717) is 16.3 Å². The lowest BCUT2D eigenvalue weighted by atomic mass is 10.3. The van der Waals surface area contributed by atoms with Crippen LogP contribution < -0.4 is 0 Å². The Bertz CT molecular complexity index is 747. The van der Waals surface area contributed by atoms with Gasteiger partial charge < -0.3 is 9.52 Å². The highest BCUT2D eigenvalue weighted by Gasteiger charge is 2.15. The molecule has 0 aliphatic rings. The molecule has 18 heavy (non-hydrogen) atoms. The summed E-state index contributed by atoms with van der Waals surface area (Å²) in [5.74, 6) is -0.225. The molecular formula is C11H6BrN3O3. The zero-order chi connectivity index (χ0) is 12.7. The Morgan fingerprint density at radius 2 is 2.22 bits per heavy atom. The number of hydrogen-bond donors (Lipinski definition) is 1. The molecule has 7 heteroatoms. The summed E-state index contributed by atoms with van der Waals surface area (Å²) in [7, 11) is 0. The number of nitrogens with zero attached hydrogens (tertiary/aromatic N) is 3. The number of aromatic nitrogens is 3. The molecule has 0 atom stereocenters. The number of pyridine rings is 1. The van der Waals surface area contributed by atoms with E-state index in [2.05, 4.69) is 26.0 Å². The largest absolute Gasteiger partial charge is 0.478 e. The first-order valence-corrected chi connectivity index (χ1v) is 5.79. The Balaban J connectivity index is 2.22. The van der Waals surface area contributed by atoms with E-state index < -0.39 is 5.97 Å². The quantitative estimate of drug-likeness (QED) is 0.786. The van der Waals surface area contributed by atoms with E-state index in [1.54, 1.807) is 24.4 Å². The van der Waals surface area contributed by atoms with Gasteiger partial charge in [-0.1, -0.05) is 0 Å². The Kier molecular flexibility index (Phi) is 2.41. The molecular weight excluding hydrogens is 302 g/mol. The maximum Gasteiger partial charge on any atom is 0.339 e. The summed E-state index contributed by atoms with van der Waals surface area (Å²) in [6.07, 6.45) is 1.64. The minimum Gasteiger partial charge on any atom is -0.478 e. The highest BCUT2D eigenvalue weighted by Crippen LogP contribution is 2.23. The first-order chi connectivity index (χ1) is 8.65. The number of rotatable bonds is 2. The molecule has 90 valence electrons. The molecule has 0 amide bonds. The van der Waals surface area contributed by atoms with Crippen LogP contribution in [0.2, 0.25) is 0 Å². The fourth-order valence-corrected chi connectivity index (χ4v) is 1.92. The zero-order valence-electron chi connectivity index (χ0n) is 8.87. The lowest BCUT2D eigenvalue weighted by Crippen LogP contribution is -2.00. The summed E-state index contributed by atoms with van der Waals surface area (Å²) in [6.45, 7) is 0. The molecule has 1 N–H and O–H groups in total. The van der Waals surface area contributed by atoms with Gasteiger partial charge in [0.15, 0.2) is 16.1 Å². The number of halogens is 1. The van der Waals surface area contributed by atoms with E-state index in [1.807, 2.05) is 0 Å².